The second kappa shape index (κ2) is 9.94. The van der Waals surface area contributed by atoms with Gasteiger partial charge in [-0.3, -0.25) is 0 Å². The summed E-state index contributed by atoms with van der Waals surface area (Å²) in [5, 5.41) is 14.0. The van der Waals surface area contributed by atoms with E-state index in [9.17, 15) is 5.11 Å². The monoisotopic (exact) mass is 408 g/mol. The lowest BCUT2D eigenvalue weighted by atomic mass is 10.1. The zero-order chi connectivity index (χ0) is 20.8. The number of piperidine rings is 1. The Bertz CT molecular complexity index is 928. The fourth-order valence-corrected chi connectivity index (χ4v) is 3.58. The summed E-state index contributed by atoms with van der Waals surface area (Å²) in [6.45, 7) is 6.47. The van der Waals surface area contributed by atoms with E-state index in [2.05, 4.69) is 21.9 Å². The molecule has 5 rings (SSSR count). The first-order valence-electron chi connectivity index (χ1n) is 11.2. The first-order chi connectivity index (χ1) is 14.7. The van der Waals surface area contributed by atoms with Crippen molar-refractivity contribution in [1.29, 1.82) is 0 Å². The molecule has 0 amide bonds. The average Bonchev–Trinajstić information content (AvgIpc) is 3.45. The average molecular weight is 409 g/mol. The minimum atomic E-state index is 0.244. The van der Waals surface area contributed by atoms with Gasteiger partial charge in [0.2, 0.25) is 5.88 Å². The van der Waals surface area contributed by atoms with Crippen LogP contribution < -0.4 is 4.74 Å². The van der Waals surface area contributed by atoms with Gasteiger partial charge in [0.1, 0.15) is 5.75 Å². The molecule has 0 bridgehead atoms. The molecule has 6 heteroatoms. The van der Waals surface area contributed by atoms with Crippen molar-refractivity contribution in [2.24, 2.45) is 5.92 Å². The number of phenolic OH excluding ortho intramolecular Hbond substituents is 1. The third-order valence-corrected chi connectivity index (χ3v) is 5.68. The van der Waals surface area contributed by atoms with Gasteiger partial charge in [-0.1, -0.05) is 26.2 Å². The molecule has 0 radical (unpaired) electrons. The highest BCUT2D eigenvalue weighted by Crippen LogP contribution is 2.26. The maximum absolute atomic E-state index is 9.46. The van der Waals surface area contributed by atoms with Crippen molar-refractivity contribution in [3.63, 3.8) is 0 Å². The van der Waals surface area contributed by atoms with E-state index in [0.29, 0.717) is 12.5 Å². The van der Waals surface area contributed by atoms with Crippen LogP contribution in [0.3, 0.4) is 0 Å². The lowest BCUT2D eigenvalue weighted by Gasteiger charge is -2.26. The molecule has 1 aromatic carbocycles. The third-order valence-electron chi connectivity index (χ3n) is 5.68. The van der Waals surface area contributed by atoms with Gasteiger partial charge < -0.3 is 14.7 Å². The number of fused-ring (bicyclic) bond motifs is 1. The molecule has 2 aromatic heterocycles. The Kier molecular flexibility index (Phi) is 6.84. The zero-order valence-electron chi connectivity index (χ0n) is 17.8. The van der Waals surface area contributed by atoms with Gasteiger partial charge in [0.15, 0.2) is 5.65 Å². The van der Waals surface area contributed by atoms with Crippen molar-refractivity contribution in [2.75, 3.05) is 26.2 Å². The van der Waals surface area contributed by atoms with Crippen LogP contribution in [0.5, 0.6) is 11.6 Å². The van der Waals surface area contributed by atoms with Gasteiger partial charge in [-0.2, -0.15) is 0 Å². The van der Waals surface area contributed by atoms with Crippen LogP contribution >= 0.6 is 0 Å². The second-order valence-electron chi connectivity index (χ2n) is 8.42. The molecular weight excluding hydrogens is 376 g/mol. The molecule has 30 heavy (non-hydrogen) atoms. The van der Waals surface area contributed by atoms with Gasteiger partial charge in [-0.25, -0.2) is 9.50 Å². The Morgan fingerprint density at radius 3 is 2.47 bits per heavy atom. The Labute approximate surface area is 178 Å². The van der Waals surface area contributed by atoms with Crippen LogP contribution in [0.4, 0.5) is 0 Å². The van der Waals surface area contributed by atoms with Gasteiger partial charge in [0.05, 0.1) is 18.5 Å². The predicted octanol–water partition coefficient (Wildman–Crippen LogP) is 4.77. The maximum atomic E-state index is 9.46. The molecule has 2 aliphatic rings. The SMILES string of the molecule is CC1CC1.Oc1ccc(-c2cnc3ccc(OCCCN4CCCCC4)nn23)cc1. The molecule has 6 nitrogen and oxygen atoms in total. The predicted molar refractivity (Wildman–Crippen MR) is 119 cm³/mol. The van der Waals surface area contributed by atoms with Crippen LogP contribution in [-0.2, 0) is 0 Å². The van der Waals surface area contributed by atoms with Crippen molar-refractivity contribution >= 4 is 5.65 Å². The van der Waals surface area contributed by atoms with Gasteiger partial charge in [0, 0.05) is 18.2 Å². The molecule has 1 N–H and O–H groups in total. The minimum Gasteiger partial charge on any atom is -0.508 e. The van der Waals surface area contributed by atoms with Crippen molar-refractivity contribution in [3.8, 4) is 22.9 Å². The van der Waals surface area contributed by atoms with Gasteiger partial charge in [-0.05, 0) is 68.6 Å². The maximum Gasteiger partial charge on any atom is 0.231 e. The van der Waals surface area contributed by atoms with Crippen LogP contribution in [0.15, 0.2) is 42.6 Å². The Morgan fingerprint density at radius 2 is 1.77 bits per heavy atom. The fourth-order valence-electron chi connectivity index (χ4n) is 3.58. The van der Waals surface area contributed by atoms with E-state index in [4.69, 9.17) is 4.74 Å². The highest BCUT2D eigenvalue weighted by molar-refractivity contribution is 5.63. The Hall–Kier alpha value is -2.60. The third kappa shape index (κ3) is 5.72. The summed E-state index contributed by atoms with van der Waals surface area (Å²) in [6.07, 6.45) is 9.77. The summed E-state index contributed by atoms with van der Waals surface area (Å²) in [5.74, 6) is 1.93. The van der Waals surface area contributed by atoms with Crippen LogP contribution in [0, 0.1) is 5.92 Å². The van der Waals surface area contributed by atoms with Crippen molar-refractivity contribution < 1.29 is 9.84 Å². The fraction of sp³-hybridized carbons (Fsp3) is 0.500. The van der Waals surface area contributed by atoms with Crippen molar-refractivity contribution in [2.45, 2.75) is 45.4 Å². The largest absolute Gasteiger partial charge is 0.508 e. The summed E-state index contributed by atoms with van der Waals surface area (Å²) in [6, 6.07) is 10.8. The lowest BCUT2D eigenvalue weighted by Crippen LogP contribution is -2.31. The minimum absolute atomic E-state index is 0.244. The molecule has 3 heterocycles. The van der Waals surface area contributed by atoms with E-state index in [1.807, 2.05) is 24.3 Å². The smallest absolute Gasteiger partial charge is 0.231 e. The summed E-state index contributed by atoms with van der Waals surface area (Å²) in [4.78, 5) is 6.91. The number of phenols is 1. The topological polar surface area (TPSA) is 62.9 Å². The first kappa shape index (κ1) is 20.7. The zero-order valence-corrected chi connectivity index (χ0v) is 17.8. The normalized spacial score (nSPS) is 16.8. The van der Waals surface area contributed by atoms with Gasteiger partial charge in [0.25, 0.3) is 0 Å². The van der Waals surface area contributed by atoms with Crippen LogP contribution in [0.25, 0.3) is 16.9 Å². The van der Waals surface area contributed by atoms with Crippen LogP contribution in [-0.4, -0.2) is 50.8 Å². The van der Waals surface area contributed by atoms with E-state index in [1.54, 1.807) is 22.8 Å². The summed E-state index contributed by atoms with van der Waals surface area (Å²) >= 11 is 0. The molecule has 160 valence electrons. The molecule has 2 fully saturated rings. The molecular formula is C24H32N4O2. The van der Waals surface area contributed by atoms with E-state index in [-0.39, 0.29) is 5.75 Å². The highest BCUT2D eigenvalue weighted by Gasteiger charge is 2.13. The van der Waals surface area contributed by atoms with E-state index < -0.39 is 0 Å². The van der Waals surface area contributed by atoms with Crippen LogP contribution in [0.2, 0.25) is 0 Å². The number of hydrogen-bond donors (Lipinski definition) is 1. The molecule has 0 spiro atoms. The number of benzene rings is 1. The molecule has 0 atom stereocenters. The lowest BCUT2D eigenvalue weighted by molar-refractivity contribution is 0.202. The number of rotatable bonds is 6. The molecule has 0 unspecified atom stereocenters. The Balaban J connectivity index is 0.000000489. The Morgan fingerprint density at radius 1 is 1.03 bits per heavy atom. The van der Waals surface area contributed by atoms with E-state index in [1.165, 1.54) is 45.2 Å². The molecule has 1 saturated heterocycles. The van der Waals surface area contributed by atoms with Crippen molar-refractivity contribution in [3.05, 3.63) is 42.6 Å². The summed E-state index contributed by atoms with van der Waals surface area (Å²) < 4.78 is 7.64. The number of imidazole rings is 1. The number of aromatic nitrogens is 3. The number of likely N-dealkylation sites (tertiary alicyclic amines) is 1. The van der Waals surface area contributed by atoms with E-state index >= 15 is 0 Å². The summed E-state index contributed by atoms with van der Waals surface area (Å²) in [5.41, 5.74) is 2.59. The molecule has 1 aliphatic carbocycles. The highest BCUT2D eigenvalue weighted by atomic mass is 16.5. The number of ether oxygens (including phenoxy) is 1. The first-order valence-corrected chi connectivity index (χ1v) is 11.2. The molecule has 1 saturated carbocycles. The quantitative estimate of drug-likeness (QED) is 0.595. The van der Waals surface area contributed by atoms with E-state index in [0.717, 1.165) is 35.8 Å². The molecule has 1 aliphatic heterocycles. The second-order valence-corrected chi connectivity index (χ2v) is 8.42. The van der Waals surface area contributed by atoms with Gasteiger partial charge in [-0.15, -0.1) is 5.10 Å². The van der Waals surface area contributed by atoms with Crippen molar-refractivity contribution in [1.82, 2.24) is 19.5 Å². The standard InChI is InChI=1S/C20H24N4O2.C4H8/c25-17-7-5-16(6-8-17)18-15-21-19-9-10-20(22-24(18)19)26-14-4-13-23-11-2-1-3-12-23;1-4-2-3-4/h5-10,15,25H,1-4,11-14H2;4H,2-3H2,1H3. The number of aromatic hydroxyl groups is 1. The molecule has 3 aromatic rings. The van der Waals surface area contributed by atoms with Crippen LogP contribution in [0.1, 0.15) is 45.4 Å². The summed E-state index contributed by atoms with van der Waals surface area (Å²) in [7, 11) is 0. The number of hydrogen-bond acceptors (Lipinski definition) is 5. The number of nitrogens with zero attached hydrogens (tertiary/aromatic N) is 4. The van der Waals surface area contributed by atoms with Gasteiger partial charge >= 0.3 is 0 Å².